The summed E-state index contributed by atoms with van der Waals surface area (Å²) in [6.45, 7) is 3.66. The number of hydrogen-bond donors (Lipinski definition) is 1. The van der Waals surface area contributed by atoms with Gasteiger partial charge < -0.3 is 19.9 Å². The number of ether oxygens (including phenoxy) is 1. The van der Waals surface area contributed by atoms with E-state index in [4.69, 9.17) is 4.74 Å². The quantitative estimate of drug-likeness (QED) is 0.761. The maximum Gasteiger partial charge on any atom is 0.321 e. The molecule has 0 unspecified atom stereocenters. The van der Waals surface area contributed by atoms with Gasteiger partial charge in [-0.05, 0) is 74.3 Å². The number of nitrogens with one attached hydrogen (secondary N) is 1. The average molecular weight is 409 g/mol. The molecular formula is C24H32N4O2. The fourth-order valence-electron chi connectivity index (χ4n) is 4.46. The van der Waals surface area contributed by atoms with E-state index in [0.717, 1.165) is 62.7 Å². The van der Waals surface area contributed by atoms with Gasteiger partial charge in [-0.15, -0.1) is 0 Å². The summed E-state index contributed by atoms with van der Waals surface area (Å²) >= 11 is 0. The van der Waals surface area contributed by atoms with Crippen molar-refractivity contribution in [2.45, 2.75) is 38.5 Å². The van der Waals surface area contributed by atoms with E-state index in [1.54, 1.807) is 13.3 Å². The second kappa shape index (κ2) is 9.83. The lowest BCUT2D eigenvalue weighted by atomic mass is 9.90. The third kappa shape index (κ3) is 5.04. The lowest BCUT2D eigenvalue weighted by molar-refractivity contribution is 0.180. The van der Waals surface area contributed by atoms with E-state index in [-0.39, 0.29) is 6.03 Å². The molecule has 2 aliphatic heterocycles. The molecule has 0 saturated carbocycles. The van der Waals surface area contributed by atoms with Crippen LogP contribution in [0.15, 0.2) is 42.6 Å². The van der Waals surface area contributed by atoms with Crippen LogP contribution in [0.1, 0.15) is 37.7 Å². The highest BCUT2D eigenvalue weighted by Crippen LogP contribution is 2.28. The SMILES string of the molecule is COc1ccc(CCC2CCN(C(=O)Nc3cccnc3N3CCCC3)CC2)cc1. The number of hydrogen-bond acceptors (Lipinski definition) is 4. The molecular weight excluding hydrogens is 376 g/mol. The van der Waals surface area contributed by atoms with Crippen molar-refractivity contribution in [3.63, 3.8) is 0 Å². The average Bonchev–Trinajstić information content (AvgIpc) is 3.33. The zero-order chi connectivity index (χ0) is 20.8. The maximum atomic E-state index is 12.8. The lowest BCUT2D eigenvalue weighted by Gasteiger charge is -2.32. The predicted octanol–water partition coefficient (Wildman–Crippen LogP) is 4.57. The first-order chi connectivity index (χ1) is 14.7. The number of benzene rings is 1. The number of amides is 2. The van der Waals surface area contributed by atoms with Gasteiger partial charge in [-0.2, -0.15) is 0 Å². The summed E-state index contributed by atoms with van der Waals surface area (Å²) in [5.41, 5.74) is 2.17. The molecule has 4 rings (SSSR count). The maximum absolute atomic E-state index is 12.8. The number of rotatable bonds is 6. The van der Waals surface area contributed by atoms with Gasteiger partial charge >= 0.3 is 6.03 Å². The predicted molar refractivity (Wildman–Crippen MR) is 120 cm³/mol. The second-order valence-electron chi connectivity index (χ2n) is 8.32. The standard InChI is InChI=1S/C24H32N4O2/c1-30-21-10-8-19(9-11-21)6-7-20-12-17-28(18-13-20)24(29)26-22-5-4-14-25-23(22)27-15-2-3-16-27/h4-5,8-11,14,20H,2-3,6-7,12-13,15-18H2,1H3,(H,26,29). The fraction of sp³-hybridized carbons (Fsp3) is 0.500. The molecule has 1 N–H and O–H groups in total. The van der Waals surface area contributed by atoms with Gasteiger partial charge in [0.1, 0.15) is 5.75 Å². The Morgan fingerprint density at radius 3 is 2.53 bits per heavy atom. The highest BCUT2D eigenvalue weighted by Gasteiger charge is 2.24. The summed E-state index contributed by atoms with van der Waals surface area (Å²) < 4.78 is 5.23. The summed E-state index contributed by atoms with van der Waals surface area (Å²) in [7, 11) is 1.69. The van der Waals surface area contributed by atoms with Crippen molar-refractivity contribution in [1.82, 2.24) is 9.88 Å². The van der Waals surface area contributed by atoms with E-state index in [0.29, 0.717) is 5.92 Å². The van der Waals surface area contributed by atoms with Crippen molar-refractivity contribution >= 4 is 17.5 Å². The summed E-state index contributed by atoms with van der Waals surface area (Å²) in [5.74, 6) is 2.48. The molecule has 2 aromatic rings. The van der Waals surface area contributed by atoms with E-state index < -0.39 is 0 Å². The van der Waals surface area contributed by atoms with Crippen molar-refractivity contribution < 1.29 is 9.53 Å². The minimum absolute atomic E-state index is 0.00273. The highest BCUT2D eigenvalue weighted by molar-refractivity contribution is 5.92. The van der Waals surface area contributed by atoms with Gasteiger partial charge in [0.15, 0.2) is 5.82 Å². The smallest absolute Gasteiger partial charge is 0.321 e. The van der Waals surface area contributed by atoms with Gasteiger partial charge in [0, 0.05) is 32.4 Å². The molecule has 2 aliphatic rings. The minimum atomic E-state index is -0.00273. The number of carbonyl (C=O) groups excluding carboxylic acids is 1. The first kappa shape index (κ1) is 20.5. The number of pyridine rings is 1. The van der Waals surface area contributed by atoms with Gasteiger partial charge in [-0.25, -0.2) is 9.78 Å². The molecule has 1 aromatic carbocycles. The summed E-state index contributed by atoms with van der Waals surface area (Å²) in [5, 5.41) is 3.11. The van der Waals surface area contributed by atoms with Crippen LogP contribution in [0.3, 0.4) is 0 Å². The first-order valence-electron chi connectivity index (χ1n) is 11.1. The Kier molecular flexibility index (Phi) is 6.72. The largest absolute Gasteiger partial charge is 0.497 e. The number of aryl methyl sites for hydroxylation is 1. The van der Waals surface area contributed by atoms with Crippen LogP contribution in [-0.2, 0) is 6.42 Å². The second-order valence-corrected chi connectivity index (χ2v) is 8.32. The van der Waals surface area contributed by atoms with Crippen molar-refractivity contribution in [3.8, 4) is 5.75 Å². The van der Waals surface area contributed by atoms with Crippen molar-refractivity contribution in [2.75, 3.05) is 43.5 Å². The molecule has 0 spiro atoms. The van der Waals surface area contributed by atoms with Crippen LogP contribution in [-0.4, -0.2) is 49.2 Å². The molecule has 2 saturated heterocycles. The molecule has 0 bridgehead atoms. The molecule has 1 aromatic heterocycles. The molecule has 2 amide bonds. The molecule has 6 nitrogen and oxygen atoms in total. The number of carbonyl (C=O) groups is 1. The molecule has 2 fully saturated rings. The number of piperidine rings is 1. The Labute approximate surface area is 179 Å². The Hall–Kier alpha value is -2.76. The van der Waals surface area contributed by atoms with Crippen molar-refractivity contribution in [1.29, 1.82) is 0 Å². The van der Waals surface area contributed by atoms with E-state index in [1.807, 2.05) is 29.2 Å². The van der Waals surface area contributed by atoms with E-state index >= 15 is 0 Å². The Bertz CT molecular complexity index is 825. The molecule has 30 heavy (non-hydrogen) atoms. The van der Waals surface area contributed by atoms with E-state index in [2.05, 4.69) is 27.3 Å². The zero-order valence-corrected chi connectivity index (χ0v) is 17.8. The van der Waals surface area contributed by atoms with Crippen LogP contribution in [0.25, 0.3) is 0 Å². The Balaban J connectivity index is 1.25. The van der Waals surface area contributed by atoms with Crippen LogP contribution in [0.2, 0.25) is 0 Å². The number of methoxy groups -OCH3 is 1. The Morgan fingerprint density at radius 1 is 1.10 bits per heavy atom. The van der Waals surface area contributed by atoms with Gasteiger partial charge in [-0.3, -0.25) is 0 Å². The van der Waals surface area contributed by atoms with E-state index in [1.165, 1.54) is 24.8 Å². The molecule has 0 atom stereocenters. The number of urea groups is 1. The number of nitrogens with zero attached hydrogens (tertiary/aromatic N) is 3. The summed E-state index contributed by atoms with van der Waals surface area (Å²) in [6, 6.07) is 12.2. The third-order valence-corrected chi connectivity index (χ3v) is 6.34. The molecule has 3 heterocycles. The monoisotopic (exact) mass is 408 g/mol. The normalized spacial score (nSPS) is 17.2. The first-order valence-corrected chi connectivity index (χ1v) is 11.1. The molecule has 160 valence electrons. The van der Waals surface area contributed by atoms with Crippen LogP contribution >= 0.6 is 0 Å². The van der Waals surface area contributed by atoms with Crippen LogP contribution < -0.4 is 15.0 Å². The van der Waals surface area contributed by atoms with Gasteiger partial charge in [0.25, 0.3) is 0 Å². The molecule has 6 heteroatoms. The Morgan fingerprint density at radius 2 is 1.83 bits per heavy atom. The van der Waals surface area contributed by atoms with Crippen LogP contribution in [0.5, 0.6) is 5.75 Å². The van der Waals surface area contributed by atoms with Crippen LogP contribution in [0.4, 0.5) is 16.3 Å². The zero-order valence-electron chi connectivity index (χ0n) is 17.8. The number of aromatic nitrogens is 1. The van der Waals surface area contributed by atoms with Crippen LogP contribution in [0, 0.1) is 5.92 Å². The minimum Gasteiger partial charge on any atom is -0.497 e. The third-order valence-electron chi connectivity index (χ3n) is 6.34. The molecule has 0 radical (unpaired) electrons. The number of likely N-dealkylation sites (tertiary alicyclic amines) is 1. The summed E-state index contributed by atoms with van der Waals surface area (Å²) in [6.07, 6.45) is 8.56. The van der Waals surface area contributed by atoms with E-state index in [9.17, 15) is 4.79 Å². The number of anilines is 2. The summed E-state index contributed by atoms with van der Waals surface area (Å²) in [4.78, 5) is 21.6. The lowest BCUT2D eigenvalue weighted by Crippen LogP contribution is -2.41. The van der Waals surface area contributed by atoms with Crippen molar-refractivity contribution in [3.05, 3.63) is 48.2 Å². The highest BCUT2D eigenvalue weighted by atomic mass is 16.5. The van der Waals surface area contributed by atoms with Crippen molar-refractivity contribution in [2.24, 2.45) is 5.92 Å². The van der Waals surface area contributed by atoms with Gasteiger partial charge in [0.05, 0.1) is 12.8 Å². The molecule has 0 aliphatic carbocycles. The fourth-order valence-corrected chi connectivity index (χ4v) is 4.46. The van der Waals surface area contributed by atoms with Gasteiger partial charge in [-0.1, -0.05) is 12.1 Å². The topological polar surface area (TPSA) is 57.7 Å². The van der Waals surface area contributed by atoms with Gasteiger partial charge in [0.2, 0.25) is 0 Å².